The van der Waals surface area contributed by atoms with E-state index in [1.807, 2.05) is 6.92 Å². The third-order valence-corrected chi connectivity index (χ3v) is 18.9. The van der Waals surface area contributed by atoms with Gasteiger partial charge in [-0.05, 0) is 74.5 Å². The van der Waals surface area contributed by atoms with Crippen molar-refractivity contribution in [1.29, 1.82) is 0 Å². The number of hydrogen-bond donors (Lipinski definition) is 14. The summed E-state index contributed by atoms with van der Waals surface area (Å²) in [5, 5.41) is 150. The molecule has 8 fully saturated rings. The summed E-state index contributed by atoms with van der Waals surface area (Å²) < 4.78 is 54.1. The largest absolute Gasteiger partial charge is 0.394 e. The van der Waals surface area contributed by atoms with Crippen LogP contribution in [0.5, 0.6) is 0 Å². The Kier molecular flexibility index (Phi) is 16.7. The van der Waals surface area contributed by atoms with Gasteiger partial charge in [-0.25, -0.2) is 0 Å². The average molecular weight is 1050 g/mol. The fraction of sp³-hybridized carbons (Fsp3) is 0.920. The fourth-order valence-electron chi connectivity index (χ4n) is 14.6. The molecule has 0 radical (unpaired) electrons. The highest BCUT2D eigenvalue weighted by molar-refractivity contribution is 5.29. The molecule has 0 unspecified atom stereocenters. The highest BCUT2D eigenvalue weighted by atomic mass is 16.8. The Morgan fingerprint density at radius 1 is 0.712 bits per heavy atom. The highest BCUT2D eigenvalue weighted by Gasteiger charge is 2.69. The summed E-state index contributed by atoms with van der Waals surface area (Å²) in [5.41, 5.74) is 0.794. The number of hydrogen-bond acceptors (Lipinski definition) is 23. The van der Waals surface area contributed by atoms with Crippen LogP contribution in [-0.2, 0) is 42.6 Å². The molecule has 418 valence electrons. The minimum atomic E-state index is -1.85. The zero-order chi connectivity index (χ0) is 52.8. The summed E-state index contributed by atoms with van der Waals surface area (Å²) in [6.45, 7) is 10.3. The molecule has 14 N–H and O–H groups in total. The second-order valence-corrected chi connectivity index (χ2v) is 23.0. The lowest BCUT2D eigenvalue weighted by Gasteiger charge is -2.60. The molecule has 0 spiro atoms. The van der Waals surface area contributed by atoms with E-state index in [9.17, 15) is 71.5 Å². The van der Waals surface area contributed by atoms with Crippen molar-refractivity contribution in [3.8, 4) is 0 Å². The lowest BCUT2D eigenvalue weighted by Crippen LogP contribution is -2.65. The molecule has 23 heteroatoms. The molecule has 0 aromatic carbocycles. The average Bonchev–Trinajstić information content (AvgIpc) is 3.80. The summed E-state index contributed by atoms with van der Waals surface area (Å²) >= 11 is 0. The van der Waals surface area contributed by atoms with Crippen molar-refractivity contribution >= 4 is 0 Å². The summed E-state index contributed by atoms with van der Waals surface area (Å²) in [6, 6.07) is 0. The Bertz CT molecular complexity index is 1950. The topological polar surface area (TPSA) is 366 Å². The first kappa shape index (κ1) is 56.3. The van der Waals surface area contributed by atoms with Gasteiger partial charge >= 0.3 is 0 Å². The van der Waals surface area contributed by atoms with Gasteiger partial charge in [-0.3, -0.25) is 0 Å². The molecular formula is C50H80O23. The van der Waals surface area contributed by atoms with E-state index in [2.05, 4.69) is 26.5 Å². The van der Waals surface area contributed by atoms with Crippen LogP contribution in [0.25, 0.3) is 0 Å². The molecule has 3 saturated carbocycles. The molecule has 0 amide bonds. The maximum absolute atomic E-state index is 12.1. The monoisotopic (exact) mass is 1050 g/mol. The van der Waals surface area contributed by atoms with E-state index < -0.39 is 153 Å². The molecule has 5 saturated heterocycles. The first-order chi connectivity index (χ1) is 34.5. The maximum atomic E-state index is 12.1. The van der Waals surface area contributed by atoms with E-state index in [-0.39, 0.29) is 67.2 Å². The molecule has 9 rings (SSSR count). The standard InChI is InChI=1S/C50H80O23/c1-19(17-65-44-39(61)37(59)35(57)29(15-51)68-44)8-11-50(64)20(2)32-28(73-50)14-26-24-7-6-22-12-23(53)13-31(49(22,5)25(24)9-10-48(26,32)4)70-47-43(34(56)27(54)18-66-47)72-46-41(63)42(33(55)21(3)67-46)71-45-40(62)38(60)36(58)30(16-52)69-45/h6,20-21,23-47,51-64H,1,7-18H2,2-5H3/t20-,21+,23+,24+,25-,26-,27+,28-,29+,30+,31+,32-,33-,34-,35+,36+,37-,38-,39+,40+,41+,42+,43+,44+,45-,46-,47-,48-,49-,50+/m0/s1. The summed E-state index contributed by atoms with van der Waals surface area (Å²) in [4.78, 5) is 0. The first-order valence-corrected chi connectivity index (χ1v) is 26.1. The second kappa shape index (κ2) is 21.7. The number of allylic oxidation sites excluding steroid dienone is 1. The smallest absolute Gasteiger partial charge is 0.187 e. The van der Waals surface area contributed by atoms with Crippen molar-refractivity contribution in [2.24, 2.45) is 40.4 Å². The van der Waals surface area contributed by atoms with Crippen molar-refractivity contribution in [1.82, 2.24) is 0 Å². The van der Waals surface area contributed by atoms with Crippen LogP contribution in [-0.4, -0.2) is 239 Å². The van der Waals surface area contributed by atoms with Gasteiger partial charge in [0.05, 0.1) is 50.8 Å². The Morgan fingerprint density at radius 2 is 1.34 bits per heavy atom. The van der Waals surface area contributed by atoms with Crippen molar-refractivity contribution in [2.45, 2.75) is 220 Å². The lowest BCUT2D eigenvalue weighted by atomic mass is 9.46. The van der Waals surface area contributed by atoms with E-state index >= 15 is 0 Å². The predicted molar refractivity (Wildman–Crippen MR) is 246 cm³/mol. The minimum absolute atomic E-state index is 0.0327. The molecule has 0 aromatic rings. The number of aliphatic hydroxyl groups excluding tert-OH is 13. The highest BCUT2D eigenvalue weighted by Crippen LogP contribution is 2.70. The van der Waals surface area contributed by atoms with Gasteiger partial charge < -0.3 is 114 Å². The normalized spacial score (nSPS) is 55.0. The van der Waals surface area contributed by atoms with Crippen LogP contribution in [0.15, 0.2) is 23.8 Å². The quantitative estimate of drug-likeness (QED) is 0.0752. The van der Waals surface area contributed by atoms with Crippen molar-refractivity contribution in [3.05, 3.63) is 23.8 Å². The first-order valence-electron chi connectivity index (χ1n) is 26.1. The molecule has 4 aliphatic carbocycles. The fourth-order valence-corrected chi connectivity index (χ4v) is 14.6. The third kappa shape index (κ3) is 9.95. The Labute approximate surface area is 423 Å². The van der Waals surface area contributed by atoms with Gasteiger partial charge in [-0.2, -0.15) is 0 Å². The Morgan fingerprint density at radius 3 is 2.01 bits per heavy atom. The second-order valence-electron chi connectivity index (χ2n) is 23.0. The van der Waals surface area contributed by atoms with Crippen LogP contribution < -0.4 is 0 Å². The summed E-state index contributed by atoms with van der Waals surface area (Å²) in [5.74, 6) is -1.21. The van der Waals surface area contributed by atoms with E-state index in [1.54, 1.807) is 0 Å². The summed E-state index contributed by atoms with van der Waals surface area (Å²) in [6.07, 6.45) is -24.3. The number of rotatable bonds is 14. The van der Waals surface area contributed by atoms with Gasteiger partial charge in [0.15, 0.2) is 30.9 Å². The molecule has 23 nitrogen and oxygen atoms in total. The molecular weight excluding hydrogens is 969 g/mol. The van der Waals surface area contributed by atoms with Crippen molar-refractivity contribution in [2.75, 3.05) is 26.4 Å². The van der Waals surface area contributed by atoms with Gasteiger partial charge in [-0.1, -0.05) is 44.6 Å². The molecule has 5 heterocycles. The van der Waals surface area contributed by atoms with Gasteiger partial charge in [0.1, 0.15) is 85.5 Å². The maximum Gasteiger partial charge on any atom is 0.187 e. The zero-order valence-electron chi connectivity index (χ0n) is 41.8. The van der Waals surface area contributed by atoms with Crippen LogP contribution in [0.1, 0.15) is 79.1 Å². The van der Waals surface area contributed by atoms with Gasteiger partial charge in [0.25, 0.3) is 0 Å². The van der Waals surface area contributed by atoms with E-state index in [0.29, 0.717) is 24.8 Å². The SMILES string of the molecule is C=C(CC[C@@]1(O)O[C@H]2C[C@H]3[C@@H]4CC=C5C[C@@H](O)C[C@@H](O[C@@H]6OC[C@@H](O)[C@H](O)[C@H]6O[C@@H]6O[C@H](C)[C@H](O)[C@@H](O[C@@H]7O[C@H](CO)[C@@H](O)[C@H](O)[C@H]7O)[C@H]6O)[C@]5(C)[C@H]4CC[C@]3(C)[C@H]2[C@@H]1C)CO[C@@H]1O[C@H](CO)[C@@H](O)[C@H](O)[C@H]1O. The van der Waals surface area contributed by atoms with Crippen LogP contribution in [0.2, 0.25) is 0 Å². The Hall–Kier alpha value is -1.44. The minimum Gasteiger partial charge on any atom is -0.394 e. The van der Waals surface area contributed by atoms with E-state index in [0.717, 1.165) is 24.8 Å². The van der Waals surface area contributed by atoms with Crippen LogP contribution in [0.3, 0.4) is 0 Å². The van der Waals surface area contributed by atoms with Crippen LogP contribution in [0.4, 0.5) is 0 Å². The molecule has 0 aromatic heterocycles. The summed E-state index contributed by atoms with van der Waals surface area (Å²) in [7, 11) is 0. The van der Waals surface area contributed by atoms with Crippen LogP contribution in [0, 0.1) is 40.4 Å². The molecule has 9 aliphatic rings. The van der Waals surface area contributed by atoms with Crippen molar-refractivity contribution in [3.63, 3.8) is 0 Å². The van der Waals surface area contributed by atoms with Crippen LogP contribution >= 0.6 is 0 Å². The van der Waals surface area contributed by atoms with Gasteiger partial charge in [0, 0.05) is 24.2 Å². The van der Waals surface area contributed by atoms with E-state index in [4.69, 9.17) is 42.6 Å². The molecule has 73 heavy (non-hydrogen) atoms. The van der Waals surface area contributed by atoms with E-state index in [1.165, 1.54) is 6.92 Å². The van der Waals surface area contributed by atoms with Gasteiger partial charge in [-0.15, -0.1) is 0 Å². The lowest BCUT2D eigenvalue weighted by molar-refractivity contribution is -0.381. The molecule has 5 aliphatic heterocycles. The number of fused-ring (bicyclic) bond motifs is 7. The van der Waals surface area contributed by atoms with Gasteiger partial charge in [0.2, 0.25) is 0 Å². The zero-order valence-corrected chi connectivity index (χ0v) is 41.8. The number of aliphatic hydroxyl groups is 14. The Balaban J connectivity index is 0.866. The van der Waals surface area contributed by atoms with Crippen molar-refractivity contribution < 1.29 is 114 Å². The molecule has 0 bridgehead atoms. The third-order valence-electron chi connectivity index (χ3n) is 18.9. The number of ether oxygens (including phenoxy) is 9. The molecule has 30 atom stereocenters. The predicted octanol–water partition coefficient (Wildman–Crippen LogP) is -3.48.